The van der Waals surface area contributed by atoms with Gasteiger partial charge in [-0.05, 0) is 46.0 Å². The summed E-state index contributed by atoms with van der Waals surface area (Å²) in [6, 6.07) is 8.63. The second-order valence-electron chi connectivity index (χ2n) is 7.77. The molecule has 0 aromatic heterocycles. The fourth-order valence-electron chi connectivity index (χ4n) is 4.11. The van der Waals surface area contributed by atoms with E-state index in [4.69, 9.17) is 4.74 Å². The number of benzene rings is 1. The third-order valence-electron chi connectivity index (χ3n) is 5.37. The molecule has 1 aromatic rings. The molecule has 0 bridgehead atoms. The van der Waals surface area contributed by atoms with E-state index < -0.39 is 0 Å². The summed E-state index contributed by atoms with van der Waals surface area (Å²) in [4.78, 5) is 17.5. The first-order valence-corrected chi connectivity index (χ1v) is 9.37. The molecular weight excluding hydrogens is 314 g/mol. The first-order chi connectivity index (χ1) is 12.0. The van der Waals surface area contributed by atoms with Crippen molar-refractivity contribution in [1.29, 1.82) is 0 Å². The first-order valence-electron chi connectivity index (χ1n) is 9.37. The number of ether oxygens (including phenoxy) is 1. The van der Waals surface area contributed by atoms with Gasteiger partial charge in [0.2, 0.25) is 0 Å². The van der Waals surface area contributed by atoms with Crippen LogP contribution in [-0.4, -0.2) is 74.7 Å². The van der Waals surface area contributed by atoms with Crippen LogP contribution in [0.2, 0.25) is 0 Å². The van der Waals surface area contributed by atoms with Crippen LogP contribution in [-0.2, 0) is 4.74 Å². The molecule has 0 saturated carbocycles. The molecule has 3 rings (SSSR count). The SMILES string of the molecule is Cc1cccc(C(=O)N[C@@H]2CN(C3CCOCC3)C[C@H]2CN(C)C)c1. The van der Waals surface area contributed by atoms with E-state index in [-0.39, 0.29) is 11.9 Å². The third-order valence-corrected chi connectivity index (χ3v) is 5.37. The highest BCUT2D eigenvalue weighted by Crippen LogP contribution is 2.25. The molecule has 2 aliphatic heterocycles. The van der Waals surface area contributed by atoms with Crippen LogP contribution >= 0.6 is 0 Å². The molecule has 2 aliphatic rings. The van der Waals surface area contributed by atoms with E-state index in [0.717, 1.165) is 56.8 Å². The van der Waals surface area contributed by atoms with Crippen LogP contribution in [0.3, 0.4) is 0 Å². The molecule has 0 spiro atoms. The van der Waals surface area contributed by atoms with Gasteiger partial charge in [0.25, 0.3) is 5.91 Å². The number of hydrogen-bond donors (Lipinski definition) is 1. The van der Waals surface area contributed by atoms with E-state index in [1.807, 2.05) is 31.2 Å². The quantitative estimate of drug-likeness (QED) is 0.883. The Morgan fingerprint density at radius 1 is 1.28 bits per heavy atom. The molecule has 1 N–H and O–H groups in total. The maximum atomic E-state index is 12.7. The predicted molar refractivity (Wildman–Crippen MR) is 99.9 cm³/mol. The number of likely N-dealkylation sites (tertiary alicyclic amines) is 1. The second-order valence-corrected chi connectivity index (χ2v) is 7.77. The number of carbonyl (C=O) groups is 1. The number of hydrogen-bond acceptors (Lipinski definition) is 4. The Morgan fingerprint density at radius 2 is 2.04 bits per heavy atom. The summed E-state index contributed by atoms with van der Waals surface area (Å²) in [5.74, 6) is 0.512. The van der Waals surface area contributed by atoms with E-state index in [2.05, 4.69) is 29.2 Å². The number of amides is 1. The number of aryl methyl sites for hydroxylation is 1. The Balaban J connectivity index is 1.67. The first kappa shape index (κ1) is 18.4. The van der Waals surface area contributed by atoms with Crippen molar-refractivity contribution in [3.8, 4) is 0 Å². The zero-order chi connectivity index (χ0) is 17.8. The summed E-state index contributed by atoms with van der Waals surface area (Å²) in [5, 5.41) is 3.31. The molecule has 5 nitrogen and oxygen atoms in total. The summed E-state index contributed by atoms with van der Waals surface area (Å²) in [5.41, 5.74) is 1.88. The van der Waals surface area contributed by atoms with Gasteiger partial charge >= 0.3 is 0 Å². The van der Waals surface area contributed by atoms with Crippen molar-refractivity contribution in [3.63, 3.8) is 0 Å². The summed E-state index contributed by atoms with van der Waals surface area (Å²) >= 11 is 0. The number of rotatable bonds is 5. The highest BCUT2D eigenvalue weighted by Gasteiger charge is 2.37. The van der Waals surface area contributed by atoms with Gasteiger partial charge in [0.1, 0.15) is 0 Å². The highest BCUT2D eigenvalue weighted by atomic mass is 16.5. The molecule has 1 aromatic carbocycles. The smallest absolute Gasteiger partial charge is 0.251 e. The maximum Gasteiger partial charge on any atom is 0.251 e. The topological polar surface area (TPSA) is 44.8 Å². The molecule has 25 heavy (non-hydrogen) atoms. The summed E-state index contributed by atoms with van der Waals surface area (Å²) in [7, 11) is 4.22. The normalized spacial score (nSPS) is 25.4. The average molecular weight is 345 g/mol. The van der Waals surface area contributed by atoms with Crippen LogP contribution < -0.4 is 5.32 Å². The molecule has 0 unspecified atom stereocenters. The van der Waals surface area contributed by atoms with Crippen LogP contribution in [0, 0.1) is 12.8 Å². The minimum absolute atomic E-state index is 0.0475. The standard InChI is InChI=1S/C20H31N3O2/c1-15-5-4-6-16(11-15)20(24)21-19-14-23(13-17(19)12-22(2)3)18-7-9-25-10-8-18/h4-6,11,17-19H,7-10,12-14H2,1-3H3,(H,21,24)/t17-,19-/m1/s1. The van der Waals surface area contributed by atoms with Crippen molar-refractivity contribution < 1.29 is 9.53 Å². The summed E-state index contributed by atoms with van der Waals surface area (Å²) < 4.78 is 5.51. The van der Waals surface area contributed by atoms with Crippen LogP contribution in [0.25, 0.3) is 0 Å². The van der Waals surface area contributed by atoms with Gasteiger partial charge in [-0.3, -0.25) is 9.69 Å². The fourth-order valence-corrected chi connectivity index (χ4v) is 4.11. The van der Waals surface area contributed by atoms with Crippen molar-refractivity contribution in [2.75, 3.05) is 46.9 Å². The Bertz CT molecular complexity index is 584. The second kappa shape index (κ2) is 8.30. The average Bonchev–Trinajstić information content (AvgIpc) is 2.97. The fraction of sp³-hybridized carbons (Fsp3) is 0.650. The minimum Gasteiger partial charge on any atom is -0.381 e. The monoisotopic (exact) mass is 345 g/mol. The molecule has 0 radical (unpaired) electrons. The zero-order valence-corrected chi connectivity index (χ0v) is 15.7. The lowest BCUT2D eigenvalue weighted by Crippen LogP contribution is -2.44. The molecule has 2 heterocycles. The number of nitrogens with zero attached hydrogens (tertiary/aromatic N) is 2. The largest absolute Gasteiger partial charge is 0.381 e. The van der Waals surface area contributed by atoms with Crippen LogP contribution in [0.4, 0.5) is 0 Å². The molecule has 2 fully saturated rings. The lowest BCUT2D eigenvalue weighted by Gasteiger charge is -2.31. The molecule has 1 amide bonds. The number of carbonyl (C=O) groups excluding carboxylic acids is 1. The van der Waals surface area contributed by atoms with E-state index in [0.29, 0.717) is 12.0 Å². The van der Waals surface area contributed by atoms with E-state index in [1.54, 1.807) is 0 Å². The molecular formula is C20H31N3O2. The predicted octanol–water partition coefficient (Wildman–Crippen LogP) is 1.77. The van der Waals surface area contributed by atoms with Gasteiger partial charge in [-0.15, -0.1) is 0 Å². The van der Waals surface area contributed by atoms with E-state index >= 15 is 0 Å². The summed E-state index contributed by atoms with van der Waals surface area (Å²) in [6.07, 6.45) is 2.21. The minimum atomic E-state index is 0.0475. The Labute approximate surface area is 151 Å². The van der Waals surface area contributed by atoms with E-state index in [9.17, 15) is 4.79 Å². The van der Waals surface area contributed by atoms with Crippen molar-refractivity contribution in [2.45, 2.75) is 31.8 Å². The van der Waals surface area contributed by atoms with Gasteiger partial charge in [0, 0.05) is 56.4 Å². The van der Waals surface area contributed by atoms with Gasteiger partial charge in [-0.25, -0.2) is 0 Å². The molecule has 0 aliphatic carbocycles. The third kappa shape index (κ3) is 4.81. The Hall–Kier alpha value is -1.43. The van der Waals surface area contributed by atoms with Gasteiger partial charge in [-0.2, -0.15) is 0 Å². The molecule has 138 valence electrons. The van der Waals surface area contributed by atoms with Crippen LogP contribution in [0.5, 0.6) is 0 Å². The van der Waals surface area contributed by atoms with Gasteiger partial charge < -0.3 is 15.0 Å². The van der Waals surface area contributed by atoms with Crippen molar-refractivity contribution >= 4 is 5.91 Å². The Morgan fingerprint density at radius 3 is 2.72 bits per heavy atom. The van der Waals surface area contributed by atoms with Crippen molar-refractivity contribution in [2.24, 2.45) is 5.92 Å². The van der Waals surface area contributed by atoms with Crippen molar-refractivity contribution in [3.05, 3.63) is 35.4 Å². The van der Waals surface area contributed by atoms with Crippen molar-refractivity contribution in [1.82, 2.24) is 15.1 Å². The van der Waals surface area contributed by atoms with Crippen LogP contribution in [0.1, 0.15) is 28.8 Å². The van der Waals surface area contributed by atoms with Gasteiger partial charge in [0.15, 0.2) is 0 Å². The maximum absolute atomic E-state index is 12.7. The zero-order valence-electron chi connectivity index (χ0n) is 15.7. The lowest BCUT2D eigenvalue weighted by molar-refractivity contribution is 0.0403. The van der Waals surface area contributed by atoms with Gasteiger partial charge in [0.05, 0.1) is 0 Å². The van der Waals surface area contributed by atoms with Crippen LogP contribution in [0.15, 0.2) is 24.3 Å². The number of nitrogens with one attached hydrogen (secondary N) is 1. The van der Waals surface area contributed by atoms with Gasteiger partial charge in [-0.1, -0.05) is 17.7 Å². The Kier molecular flexibility index (Phi) is 6.10. The lowest BCUT2D eigenvalue weighted by atomic mass is 10.0. The highest BCUT2D eigenvalue weighted by molar-refractivity contribution is 5.94. The van der Waals surface area contributed by atoms with E-state index in [1.165, 1.54) is 0 Å². The molecule has 2 saturated heterocycles. The molecule has 2 atom stereocenters. The molecule has 5 heteroatoms. The summed E-state index contributed by atoms with van der Waals surface area (Å²) in [6.45, 7) is 6.74.